The second kappa shape index (κ2) is 8.17. The van der Waals surface area contributed by atoms with Crippen molar-refractivity contribution in [3.63, 3.8) is 0 Å². The normalized spacial score (nSPS) is 20.7. The molecule has 22 heavy (non-hydrogen) atoms. The first-order chi connectivity index (χ1) is 10.7. The highest BCUT2D eigenvalue weighted by molar-refractivity contribution is 9.09. The highest BCUT2D eigenvalue weighted by Crippen LogP contribution is 2.28. The summed E-state index contributed by atoms with van der Waals surface area (Å²) in [7, 11) is 1.34. The Morgan fingerprint density at radius 1 is 1.32 bits per heavy atom. The fraction of sp³-hybridized carbons (Fsp3) is 0.500. The molecule has 0 radical (unpaired) electrons. The number of carbonyl (C=O) groups excluding carboxylic acids is 2. The summed E-state index contributed by atoms with van der Waals surface area (Å²) in [6.07, 6.45) is 1.07. The summed E-state index contributed by atoms with van der Waals surface area (Å²) >= 11 is 3.40. The Labute approximate surface area is 138 Å². The summed E-state index contributed by atoms with van der Waals surface area (Å²) in [6.45, 7) is 0.728. The SMILES string of the molecule is COC(=O)[C@@H]1C[C@H](CCBr)CN1C(=O)OCc1ccccc1. The van der Waals surface area contributed by atoms with E-state index in [-0.39, 0.29) is 18.5 Å². The van der Waals surface area contributed by atoms with Crippen molar-refractivity contribution in [2.75, 3.05) is 19.0 Å². The number of esters is 1. The van der Waals surface area contributed by atoms with Gasteiger partial charge in [0.05, 0.1) is 7.11 Å². The van der Waals surface area contributed by atoms with Gasteiger partial charge in [0.2, 0.25) is 0 Å². The molecule has 1 aliphatic rings. The molecule has 2 rings (SSSR count). The van der Waals surface area contributed by atoms with Crippen LogP contribution in [0.5, 0.6) is 0 Å². The maximum absolute atomic E-state index is 12.3. The van der Waals surface area contributed by atoms with E-state index in [9.17, 15) is 9.59 Å². The number of amides is 1. The number of nitrogens with zero attached hydrogens (tertiary/aromatic N) is 1. The Bertz CT molecular complexity index is 508. The average molecular weight is 370 g/mol. The Balaban J connectivity index is 1.97. The van der Waals surface area contributed by atoms with Crippen LogP contribution in [0.15, 0.2) is 30.3 Å². The number of carbonyl (C=O) groups is 2. The van der Waals surface area contributed by atoms with Crippen molar-refractivity contribution in [2.45, 2.75) is 25.5 Å². The molecule has 1 aliphatic heterocycles. The number of methoxy groups -OCH3 is 1. The fourth-order valence-corrected chi connectivity index (χ4v) is 3.30. The lowest BCUT2D eigenvalue weighted by atomic mass is 10.0. The Morgan fingerprint density at radius 2 is 2.05 bits per heavy atom. The molecule has 1 aromatic rings. The van der Waals surface area contributed by atoms with E-state index in [0.29, 0.717) is 13.0 Å². The maximum Gasteiger partial charge on any atom is 0.410 e. The minimum atomic E-state index is -0.544. The summed E-state index contributed by atoms with van der Waals surface area (Å²) in [6, 6.07) is 8.93. The smallest absolute Gasteiger partial charge is 0.410 e. The Kier molecular flexibility index (Phi) is 6.24. The highest BCUT2D eigenvalue weighted by atomic mass is 79.9. The molecular weight excluding hydrogens is 350 g/mol. The van der Waals surface area contributed by atoms with Gasteiger partial charge >= 0.3 is 12.1 Å². The molecule has 6 heteroatoms. The van der Waals surface area contributed by atoms with E-state index in [0.717, 1.165) is 17.3 Å². The van der Waals surface area contributed by atoms with Gasteiger partial charge in [-0.15, -0.1) is 0 Å². The highest BCUT2D eigenvalue weighted by Gasteiger charge is 2.40. The monoisotopic (exact) mass is 369 g/mol. The molecule has 0 N–H and O–H groups in total. The number of alkyl halides is 1. The quantitative estimate of drug-likeness (QED) is 0.591. The van der Waals surface area contributed by atoms with E-state index >= 15 is 0 Å². The molecule has 1 fully saturated rings. The minimum absolute atomic E-state index is 0.202. The second-order valence-corrected chi connectivity index (χ2v) is 6.10. The van der Waals surface area contributed by atoms with Crippen LogP contribution in [0.3, 0.4) is 0 Å². The van der Waals surface area contributed by atoms with Crippen molar-refractivity contribution >= 4 is 28.0 Å². The van der Waals surface area contributed by atoms with E-state index in [1.54, 1.807) is 0 Å². The lowest BCUT2D eigenvalue weighted by Gasteiger charge is -2.22. The third-order valence-electron chi connectivity index (χ3n) is 3.82. The molecule has 0 saturated carbocycles. The largest absolute Gasteiger partial charge is 0.467 e. The summed E-state index contributed by atoms with van der Waals surface area (Å²) in [5.41, 5.74) is 0.918. The zero-order valence-corrected chi connectivity index (χ0v) is 14.1. The van der Waals surface area contributed by atoms with Crippen LogP contribution in [0.1, 0.15) is 18.4 Å². The average Bonchev–Trinajstić information content (AvgIpc) is 2.97. The number of halogens is 1. The standard InChI is InChI=1S/C16H20BrNO4/c1-21-15(19)14-9-13(7-8-17)10-18(14)16(20)22-11-12-5-3-2-4-6-12/h2-6,13-14H,7-11H2,1H3/t13-,14-/m0/s1. The van der Waals surface area contributed by atoms with E-state index < -0.39 is 12.1 Å². The number of hydrogen-bond acceptors (Lipinski definition) is 4. The zero-order chi connectivity index (χ0) is 15.9. The van der Waals surface area contributed by atoms with Gasteiger partial charge in [0.15, 0.2) is 0 Å². The minimum Gasteiger partial charge on any atom is -0.467 e. The van der Waals surface area contributed by atoms with Crippen LogP contribution in [-0.2, 0) is 20.9 Å². The third-order valence-corrected chi connectivity index (χ3v) is 4.28. The topological polar surface area (TPSA) is 55.8 Å². The van der Waals surface area contributed by atoms with Crippen LogP contribution in [0.2, 0.25) is 0 Å². The van der Waals surface area contributed by atoms with Crippen molar-refractivity contribution in [2.24, 2.45) is 5.92 Å². The van der Waals surface area contributed by atoms with Crippen LogP contribution >= 0.6 is 15.9 Å². The molecule has 0 bridgehead atoms. The van der Waals surface area contributed by atoms with Gasteiger partial charge in [-0.1, -0.05) is 46.3 Å². The third kappa shape index (κ3) is 4.22. The molecule has 1 aromatic carbocycles. The first-order valence-electron chi connectivity index (χ1n) is 7.26. The second-order valence-electron chi connectivity index (χ2n) is 5.31. The molecule has 120 valence electrons. The molecule has 0 aromatic heterocycles. The maximum atomic E-state index is 12.3. The number of hydrogen-bond donors (Lipinski definition) is 0. The van der Waals surface area contributed by atoms with Gasteiger partial charge in [0.1, 0.15) is 12.6 Å². The van der Waals surface area contributed by atoms with Crippen molar-refractivity contribution in [1.29, 1.82) is 0 Å². The van der Waals surface area contributed by atoms with Gasteiger partial charge in [-0.2, -0.15) is 0 Å². The first-order valence-corrected chi connectivity index (χ1v) is 8.39. The number of benzene rings is 1. The molecule has 1 amide bonds. The molecular formula is C16H20BrNO4. The van der Waals surface area contributed by atoms with E-state index in [4.69, 9.17) is 9.47 Å². The number of likely N-dealkylation sites (tertiary alicyclic amines) is 1. The molecule has 2 atom stereocenters. The fourth-order valence-electron chi connectivity index (χ4n) is 2.65. The zero-order valence-electron chi connectivity index (χ0n) is 12.5. The first kappa shape index (κ1) is 16.8. The molecule has 5 nitrogen and oxygen atoms in total. The summed E-state index contributed by atoms with van der Waals surface area (Å²) in [5, 5.41) is 0.846. The van der Waals surface area contributed by atoms with Crippen LogP contribution in [0, 0.1) is 5.92 Å². The molecule has 1 heterocycles. The summed E-state index contributed by atoms with van der Waals surface area (Å²) in [4.78, 5) is 25.6. The van der Waals surface area contributed by atoms with Crippen LogP contribution < -0.4 is 0 Å². The van der Waals surface area contributed by atoms with Crippen molar-refractivity contribution < 1.29 is 19.1 Å². The lowest BCUT2D eigenvalue weighted by molar-refractivity contribution is -0.145. The van der Waals surface area contributed by atoms with Gasteiger partial charge in [0, 0.05) is 11.9 Å². The summed E-state index contributed by atoms with van der Waals surface area (Å²) < 4.78 is 10.1. The van der Waals surface area contributed by atoms with Crippen molar-refractivity contribution in [1.82, 2.24) is 4.90 Å². The van der Waals surface area contributed by atoms with Crippen LogP contribution in [0.25, 0.3) is 0 Å². The molecule has 0 unspecified atom stereocenters. The Morgan fingerprint density at radius 3 is 2.68 bits per heavy atom. The Hall–Kier alpha value is -1.56. The number of ether oxygens (including phenoxy) is 2. The molecule has 0 aliphatic carbocycles. The van der Waals surface area contributed by atoms with Gasteiger partial charge in [-0.05, 0) is 24.3 Å². The van der Waals surface area contributed by atoms with Gasteiger partial charge in [-0.25, -0.2) is 9.59 Å². The van der Waals surface area contributed by atoms with Gasteiger partial charge in [-0.3, -0.25) is 4.90 Å². The van der Waals surface area contributed by atoms with Crippen LogP contribution in [-0.4, -0.2) is 42.0 Å². The van der Waals surface area contributed by atoms with E-state index in [1.165, 1.54) is 12.0 Å². The predicted molar refractivity (Wildman–Crippen MR) is 85.7 cm³/mol. The lowest BCUT2D eigenvalue weighted by Crippen LogP contribution is -2.41. The van der Waals surface area contributed by atoms with Gasteiger partial charge in [0.25, 0.3) is 0 Å². The van der Waals surface area contributed by atoms with E-state index in [2.05, 4.69) is 15.9 Å². The van der Waals surface area contributed by atoms with E-state index in [1.807, 2.05) is 30.3 Å². The molecule has 1 saturated heterocycles. The predicted octanol–water partition coefficient (Wildman–Crippen LogP) is 2.97. The van der Waals surface area contributed by atoms with Crippen molar-refractivity contribution in [3.05, 3.63) is 35.9 Å². The van der Waals surface area contributed by atoms with Gasteiger partial charge < -0.3 is 9.47 Å². The number of rotatable bonds is 5. The van der Waals surface area contributed by atoms with Crippen LogP contribution in [0.4, 0.5) is 4.79 Å². The van der Waals surface area contributed by atoms with Crippen molar-refractivity contribution in [3.8, 4) is 0 Å². The summed E-state index contributed by atoms with van der Waals surface area (Å²) in [5.74, 6) is -0.0958. The molecule has 0 spiro atoms.